The van der Waals surface area contributed by atoms with Gasteiger partial charge < -0.3 is 14.8 Å². The van der Waals surface area contributed by atoms with Gasteiger partial charge in [0.15, 0.2) is 11.5 Å². The van der Waals surface area contributed by atoms with Gasteiger partial charge >= 0.3 is 0 Å². The van der Waals surface area contributed by atoms with Crippen molar-refractivity contribution in [3.05, 3.63) is 18.2 Å². The van der Waals surface area contributed by atoms with Crippen molar-refractivity contribution in [2.24, 2.45) is 11.3 Å². The number of benzene rings is 1. The highest BCUT2D eigenvalue weighted by Crippen LogP contribution is 2.32. The Bertz CT molecular complexity index is 771. The minimum Gasteiger partial charge on any atom is -0.493 e. The quantitative estimate of drug-likeness (QED) is 0.795. The zero-order valence-electron chi connectivity index (χ0n) is 16.7. The number of piperidine rings is 1. The second-order valence-corrected chi connectivity index (χ2v) is 9.94. The number of amides is 1. The molecular formula is C19H30N2O5S. The maximum Gasteiger partial charge on any atom is 0.243 e. The molecule has 0 unspecified atom stereocenters. The fourth-order valence-electron chi connectivity index (χ4n) is 3.00. The fourth-order valence-corrected chi connectivity index (χ4v) is 4.54. The van der Waals surface area contributed by atoms with Gasteiger partial charge in [0.05, 0.1) is 25.0 Å². The van der Waals surface area contributed by atoms with Crippen LogP contribution in [0.3, 0.4) is 0 Å². The molecule has 0 spiro atoms. The average molecular weight is 399 g/mol. The van der Waals surface area contributed by atoms with Gasteiger partial charge in [0.2, 0.25) is 15.9 Å². The van der Waals surface area contributed by atoms with Gasteiger partial charge in [0.25, 0.3) is 0 Å². The van der Waals surface area contributed by atoms with Crippen LogP contribution in [0.4, 0.5) is 0 Å². The molecule has 152 valence electrons. The first kappa shape index (κ1) is 21.5. The fraction of sp³-hybridized carbons (Fsp3) is 0.632. The van der Waals surface area contributed by atoms with Crippen LogP contribution >= 0.6 is 0 Å². The number of methoxy groups -OCH3 is 2. The molecule has 1 aromatic carbocycles. The molecule has 1 fully saturated rings. The Balaban J connectivity index is 2.15. The third-order valence-corrected chi connectivity index (χ3v) is 6.40. The normalized spacial score (nSPS) is 18.8. The SMILES string of the molecule is COc1ccc(S(=O)(=O)N2CCC[C@H](C(=O)NCC(C)(C)C)C2)cc1OC. The number of carbonyl (C=O) groups excluding carboxylic acids is 1. The molecule has 27 heavy (non-hydrogen) atoms. The third kappa shape index (κ3) is 5.35. The van der Waals surface area contributed by atoms with Crippen LogP contribution in [-0.2, 0) is 14.8 Å². The summed E-state index contributed by atoms with van der Waals surface area (Å²) in [5.74, 6) is 0.401. The number of nitrogens with one attached hydrogen (secondary N) is 1. The lowest BCUT2D eigenvalue weighted by Crippen LogP contribution is -2.46. The predicted octanol–water partition coefficient (Wildman–Crippen LogP) is 2.27. The maximum absolute atomic E-state index is 13.0. The van der Waals surface area contributed by atoms with Crippen molar-refractivity contribution < 1.29 is 22.7 Å². The van der Waals surface area contributed by atoms with Gasteiger partial charge in [0, 0.05) is 25.7 Å². The van der Waals surface area contributed by atoms with Crippen molar-refractivity contribution >= 4 is 15.9 Å². The molecule has 1 heterocycles. The second kappa shape index (κ2) is 8.48. The average Bonchev–Trinajstić information content (AvgIpc) is 2.64. The van der Waals surface area contributed by atoms with Crippen molar-refractivity contribution in [2.45, 2.75) is 38.5 Å². The number of hydrogen-bond acceptors (Lipinski definition) is 5. The van der Waals surface area contributed by atoms with Gasteiger partial charge in [0.1, 0.15) is 0 Å². The minimum atomic E-state index is -3.71. The Kier molecular flexibility index (Phi) is 6.75. The standard InChI is InChI=1S/C19H30N2O5S/c1-19(2,3)13-20-18(22)14-7-6-10-21(12-14)27(23,24)15-8-9-16(25-4)17(11-15)26-5/h8-9,11,14H,6-7,10,12-13H2,1-5H3,(H,20,22)/t14-/m0/s1. The summed E-state index contributed by atoms with van der Waals surface area (Å²) in [6, 6.07) is 4.53. The Hall–Kier alpha value is -1.80. The number of nitrogens with zero attached hydrogens (tertiary/aromatic N) is 1. The Labute approximate surface area is 162 Å². The molecule has 7 nitrogen and oxygen atoms in total. The van der Waals surface area contributed by atoms with Gasteiger partial charge in [-0.25, -0.2) is 8.42 Å². The second-order valence-electron chi connectivity index (χ2n) is 8.00. The van der Waals surface area contributed by atoms with Crippen LogP contribution in [0.1, 0.15) is 33.6 Å². The minimum absolute atomic E-state index is 0.0181. The molecule has 0 radical (unpaired) electrons. The van der Waals surface area contributed by atoms with E-state index in [2.05, 4.69) is 5.32 Å². The summed E-state index contributed by atoms with van der Waals surface area (Å²) in [4.78, 5) is 12.6. The van der Waals surface area contributed by atoms with Crippen LogP contribution in [0, 0.1) is 11.3 Å². The van der Waals surface area contributed by atoms with E-state index >= 15 is 0 Å². The number of sulfonamides is 1. The highest BCUT2D eigenvalue weighted by Gasteiger charge is 2.34. The summed E-state index contributed by atoms with van der Waals surface area (Å²) in [6.07, 6.45) is 1.34. The van der Waals surface area contributed by atoms with E-state index in [1.54, 1.807) is 6.07 Å². The topological polar surface area (TPSA) is 84.9 Å². The smallest absolute Gasteiger partial charge is 0.243 e. The molecular weight excluding hydrogens is 368 g/mol. The van der Waals surface area contributed by atoms with Crippen molar-refractivity contribution in [1.29, 1.82) is 0 Å². The molecule has 0 saturated carbocycles. The van der Waals surface area contributed by atoms with E-state index in [4.69, 9.17) is 9.47 Å². The molecule has 1 N–H and O–H groups in total. The molecule has 1 aliphatic rings. The molecule has 1 saturated heterocycles. The Morgan fingerprint density at radius 3 is 2.48 bits per heavy atom. The largest absolute Gasteiger partial charge is 0.493 e. The lowest BCUT2D eigenvalue weighted by atomic mass is 9.95. The van der Waals surface area contributed by atoms with Gasteiger partial charge in [-0.1, -0.05) is 20.8 Å². The molecule has 1 aliphatic heterocycles. The summed E-state index contributed by atoms with van der Waals surface area (Å²) in [5, 5.41) is 2.94. The highest BCUT2D eigenvalue weighted by molar-refractivity contribution is 7.89. The number of hydrogen-bond donors (Lipinski definition) is 1. The highest BCUT2D eigenvalue weighted by atomic mass is 32.2. The predicted molar refractivity (Wildman–Crippen MR) is 103 cm³/mol. The molecule has 2 rings (SSSR count). The lowest BCUT2D eigenvalue weighted by molar-refractivity contribution is -0.126. The summed E-state index contributed by atoms with van der Waals surface area (Å²) in [7, 11) is -0.751. The third-order valence-electron chi connectivity index (χ3n) is 4.54. The van der Waals surface area contributed by atoms with Crippen molar-refractivity contribution in [3.63, 3.8) is 0 Å². The van der Waals surface area contributed by atoms with Gasteiger partial charge in [-0.3, -0.25) is 4.79 Å². The van der Waals surface area contributed by atoms with Crippen LogP contribution in [0.25, 0.3) is 0 Å². The van der Waals surface area contributed by atoms with Crippen LogP contribution < -0.4 is 14.8 Å². The summed E-state index contributed by atoms with van der Waals surface area (Å²) >= 11 is 0. The summed E-state index contributed by atoms with van der Waals surface area (Å²) in [6.45, 7) is 7.28. The van der Waals surface area contributed by atoms with Gasteiger partial charge in [-0.15, -0.1) is 0 Å². The first-order chi connectivity index (χ1) is 12.6. The van der Waals surface area contributed by atoms with Gasteiger partial charge in [-0.05, 0) is 30.4 Å². The van der Waals surface area contributed by atoms with E-state index in [-0.39, 0.29) is 28.7 Å². The van der Waals surface area contributed by atoms with Crippen LogP contribution in [0.5, 0.6) is 11.5 Å². The van der Waals surface area contributed by atoms with Crippen molar-refractivity contribution in [2.75, 3.05) is 33.9 Å². The van der Waals surface area contributed by atoms with E-state index in [1.807, 2.05) is 20.8 Å². The van der Waals surface area contributed by atoms with Crippen LogP contribution in [0.2, 0.25) is 0 Å². The molecule has 1 atom stereocenters. The molecule has 8 heteroatoms. The van der Waals surface area contributed by atoms with E-state index in [1.165, 1.54) is 30.7 Å². The molecule has 1 amide bonds. The maximum atomic E-state index is 13.0. The zero-order valence-corrected chi connectivity index (χ0v) is 17.6. The summed E-state index contributed by atoms with van der Waals surface area (Å²) < 4.78 is 37.8. The van der Waals surface area contributed by atoms with E-state index < -0.39 is 10.0 Å². The zero-order chi connectivity index (χ0) is 20.2. The summed E-state index contributed by atoms with van der Waals surface area (Å²) in [5.41, 5.74) is -0.0181. The molecule has 0 bridgehead atoms. The first-order valence-corrected chi connectivity index (χ1v) is 10.5. The molecule has 0 aliphatic carbocycles. The van der Waals surface area contributed by atoms with Crippen molar-refractivity contribution in [1.82, 2.24) is 9.62 Å². The number of carbonyl (C=O) groups is 1. The Morgan fingerprint density at radius 2 is 1.89 bits per heavy atom. The monoisotopic (exact) mass is 398 g/mol. The number of ether oxygens (including phenoxy) is 2. The first-order valence-electron chi connectivity index (χ1n) is 9.08. The van der Waals surface area contributed by atoms with E-state index in [9.17, 15) is 13.2 Å². The van der Waals surface area contributed by atoms with E-state index in [0.717, 1.165) is 0 Å². The van der Waals surface area contributed by atoms with E-state index in [0.29, 0.717) is 37.4 Å². The van der Waals surface area contributed by atoms with Crippen LogP contribution in [0.15, 0.2) is 23.1 Å². The number of rotatable bonds is 6. The molecule has 0 aromatic heterocycles. The van der Waals surface area contributed by atoms with Crippen LogP contribution in [-0.4, -0.2) is 52.5 Å². The lowest BCUT2D eigenvalue weighted by Gasteiger charge is -2.32. The molecule has 1 aromatic rings. The van der Waals surface area contributed by atoms with Gasteiger partial charge in [-0.2, -0.15) is 4.31 Å². The van der Waals surface area contributed by atoms with Crippen molar-refractivity contribution in [3.8, 4) is 11.5 Å². The Morgan fingerprint density at radius 1 is 1.22 bits per heavy atom.